The van der Waals surface area contributed by atoms with Crippen LogP contribution in [0.25, 0.3) is 0 Å². The van der Waals surface area contributed by atoms with E-state index >= 15 is 0 Å². The fourth-order valence-electron chi connectivity index (χ4n) is 0.336. The minimum atomic E-state index is -4.13. The third kappa shape index (κ3) is 7.44. The van der Waals surface area contributed by atoms with E-state index in [0.717, 1.165) is 0 Å². The zero-order valence-corrected chi connectivity index (χ0v) is 6.32. The predicted molar refractivity (Wildman–Crippen MR) is 33.6 cm³/mol. The molecule has 0 rings (SSSR count). The molecule has 0 bridgehead atoms. The molecule has 0 saturated carbocycles. The summed E-state index contributed by atoms with van der Waals surface area (Å²) in [5.74, 6) is -1.00. The molecule has 0 aromatic carbocycles. The summed E-state index contributed by atoms with van der Waals surface area (Å²) in [7, 11) is -4.13. The molecule has 0 aromatic rings. The third-order valence-electron chi connectivity index (χ3n) is 0.689. The summed E-state index contributed by atoms with van der Waals surface area (Å²) in [5.41, 5.74) is 0. The number of carbonyl (C=O) groups is 1. The highest BCUT2D eigenvalue weighted by Crippen LogP contribution is 2.31. The quantitative estimate of drug-likeness (QED) is 0.245. The Labute approximate surface area is 62.1 Å². The van der Waals surface area contributed by atoms with Gasteiger partial charge in [0, 0.05) is 0 Å². The summed E-state index contributed by atoms with van der Waals surface area (Å²) in [5, 5.41) is 9.76. The van der Waals surface area contributed by atoms with E-state index < -0.39 is 26.4 Å². The molecule has 0 unspecified atom stereocenters. The number of rotatable bonds is 4. The Morgan fingerprint density at radius 1 is 1.55 bits per heavy atom. The molecule has 0 heterocycles. The first-order valence-electron chi connectivity index (χ1n) is 2.55. The highest BCUT2D eigenvalue weighted by atomic mass is 31.2. The van der Waals surface area contributed by atoms with Crippen molar-refractivity contribution >= 4 is 13.6 Å². The second kappa shape index (κ2) is 4.42. The summed E-state index contributed by atoms with van der Waals surface area (Å²) in [6.45, 7) is -0.443. The van der Waals surface area contributed by atoms with Gasteiger partial charge < -0.3 is 9.79 Å². The number of hydrogen-bond donors (Lipinski definition) is 4. The van der Waals surface area contributed by atoms with Crippen LogP contribution in [0, 0.1) is 0 Å². The lowest BCUT2D eigenvalue weighted by Crippen LogP contribution is -2.24. The minimum Gasteiger partial charge on any atom is -0.324 e. The summed E-state index contributed by atoms with van der Waals surface area (Å²) in [6, 6.07) is 0. The lowest BCUT2D eigenvalue weighted by molar-refractivity contribution is -0.233. The predicted octanol–water partition coefficient (Wildman–Crippen LogP) is -1.27. The van der Waals surface area contributed by atoms with Gasteiger partial charge in [0.05, 0.1) is 12.8 Å². The minimum absolute atomic E-state index is 0.443. The number of carbonyl (C=O) groups excluding carboxylic acids is 1. The van der Waals surface area contributed by atoms with Crippen molar-refractivity contribution in [3.05, 3.63) is 0 Å². The maximum absolute atomic E-state index is 10.1. The summed E-state index contributed by atoms with van der Waals surface area (Å²) in [4.78, 5) is 29.8. The van der Waals surface area contributed by atoms with Crippen LogP contribution in [0.15, 0.2) is 0 Å². The van der Waals surface area contributed by atoms with Crippen LogP contribution in [0.3, 0.4) is 0 Å². The zero-order valence-electron chi connectivity index (χ0n) is 5.43. The van der Waals surface area contributed by atoms with Crippen molar-refractivity contribution in [3.63, 3.8) is 0 Å². The van der Waals surface area contributed by atoms with Crippen LogP contribution in [0.4, 0.5) is 0 Å². The molecule has 0 spiro atoms. The van der Waals surface area contributed by atoms with Gasteiger partial charge in [-0.1, -0.05) is 0 Å². The average molecular weight is 185 g/mol. The Bertz CT molecular complexity index is 175. The Kier molecular flexibility index (Phi) is 4.24. The smallest absolute Gasteiger partial charge is 0.324 e. The van der Waals surface area contributed by atoms with Gasteiger partial charge in [0.1, 0.15) is 0 Å². The maximum atomic E-state index is 10.1. The average Bonchev–Trinajstić information content (AvgIpc) is 1.85. The van der Waals surface area contributed by atoms with Crippen LogP contribution in [-0.2, 0) is 14.2 Å². The largest absolute Gasteiger partial charge is 0.355 e. The molecule has 0 aliphatic carbocycles. The van der Waals surface area contributed by atoms with Gasteiger partial charge in [-0.3, -0.25) is 14.8 Å². The molecule has 0 saturated heterocycles. The molecule has 8 heteroatoms. The second-order valence-corrected chi connectivity index (χ2v) is 3.36. The van der Waals surface area contributed by atoms with Crippen LogP contribution >= 0.6 is 7.60 Å². The van der Waals surface area contributed by atoms with Gasteiger partial charge in [-0.15, -0.1) is 0 Å². The molecule has 0 aliphatic rings. The van der Waals surface area contributed by atoms with Gasteiger partial charge in [0.25, 0.3) is 0 Å². The highest BCUT2D eigenvalue weighted by Gasteiger charge is 2.12. The Morgan fingerprint density at radius 2 is 2.09 bits per heavy atom. The lowest BCUT2D eigenvalue weighted by Gasteiger charge is -2.03. The van der Waals surface area contributed by atoms with E-state index in [9.17, 15) is 9.36 Å². The second-order valence-electron chi connectivity index (χ2n) is 1.71. The first-order valence-corrected chi connectivity index (χ1v) is 4.35. The Hall–Kier alpha value is -0.460. The van der Waals surface area contributed by atoms with Gasteiger partial charge >= 0.3 is 13.6 Å². The van der Waals surface area contributed by atoms with E-state index in [-0.39, 0.29) is 0 Å². The SMILES string of the molecule is O=C(CNCP(=O)(O)O)OO. The molecule has 0 fully saturated rings. The van der Waals surface area contributed by atoms with Crippen LogP contribution in [0.1, 0.15) is 0 Å². The van der Waals surface area contributed by atoms with Gasteiger partial charge in [-0.05, 0) is 0 Å². The summed E-state index contributed by atoms with van der Waals surface area (Å²) < 4.78 is 10.1. The normalized spacial score (nSPS) is 11.2. The standard InChI is InChI=1S/C3H8NO6P/c5-3(10-6)1-4-2-11(7,8)9/h4,6H,1-2H2,(H2,7,8,9). The molecule has 0 aliphatic heterocycles. The van der Waals surface area contributed by atoms with E-state index in [2.05, 4.69) is 10.2 Å². The van der Waals surface area contributed by atoms with Gasteiger partial charge in [-0.25, -0.2) is 4.79 Å². The molecular weight excluding hydrogens is 177 g/mol. The molecule has 11 heavy (non-hydrogen) atoms. The van der Waals surface area contributed by atoms with Crippen molar-refractivity contribution in [2.75, 3.05) is 12.8 Å². The van der Waals surface area contributed by atoms with Crippen molar-refractivity contribution in [2.45, 2.75) is 0 Å². The van der Waals surface area contributed by atoms with E-state index in [1.807, 2.05) is 0 Å². The lowest BCUT2D eigenvalue weighted by atomic mass is 10.7. The molecule has 0 aromatic heterocycles. The van der Waals surface area contributed by atoms with Gasteiger partial charge in [-0.2, -0.15) is 5.26 Å². The number of nitrogens with one attached hydrogen (secondary N) is 1. The Balaban J connectivity index is 3.43. The van der Waals surface area contributed by atoms with Crippen LogP contribution < -0.4 is 5.32 Å². The van der Waals surface area contributed by atoms with E-state index in [0.29, 0.717) is 0 Å². The topological polar surface area (TPSA) is 116 Å². The van der Waals surface area contributed by atoms with E-state index in [4.69, 9.17) is 15.0 Å². The van der Waals surface area contributed by atoms with Crippen molar-refractivity contribution in [1.29, 1.82) is 0 Å². The summed E-state index contributed by atoms with van der Waals surface area (Å²) in [6.07, 6.45) is -0.623. The maximum Gasteiger partial charge on any atom is 0.355 e. The van der Waals surface area contributed by atoms with Crippen LogP contribution in [0.2, 0.25) is 0 Å². The molecule has 66 valence electrons. The fraction of sp³-hybridized carbons (Fsp3) is 0.667. The molecule has 0 amide bonds. The zero-order chi connectivity index (χ0) is 8.91. The highest BCUT2D eigenvalue weighted by molar-refractivity contribution is 7.51. The fourth-order valence-corrected chi connectivity index (χ4v) is 0.739. The van der Waals surface area contributed by atoms with Gasteiger partial charge in [0.15, 0.2) is 0 Å². The van der Waals surface area contributed by atoms with Gasteiger partial charge in [0.2, 0.25) is 0 Å². The molecule has 7 nitrogen and oxygen atoms in total. The third-order valence-corrected chi connectivity index (χ3v) is 1.32. The first-order chi connectivity index (χ1) is 4.95. The van der Waals surface area contributed by atoms with E-state index in [1.165, 1.54) is 0 Å². The Morgan fingerprint density at radius 3 is 2.45 bits per heavy atom. The van der Waals surface area contributed by atoms with Crippen molar-refractivity contribution in [2.24, 2.45) is 0 Å². The molecule has 0 radical (unpaired) electrons. The van der Waals surface area contributed by atoms with Crippen molar-refractivity contribution < 1.29 is 29.3 Å². The molecule has 4 N–H and O–H groups in total. The number of hydrogen-bond acceptors (Lipinski definition) is 5. The van der Waals surface area contributed by atoms with Crippen LogP contribution in [-0.4, -0.2) is 33.8 Å². The molecular formula is C3H8NO6P. The summed E-state index contributed by atoms with van der Waals surface area (Å²) >= 11 is 0. The first kappa shape index (κ1) is 10.5. The van der Waals surface area contributed by atoms with Crippen molar-refractivity contribution in [1.82, 2.24) is 5.32 Å². The molecule has 0 atom stereocenters. The monoisotopic (exact) mass is 185 g/mol. The van der Waals surface area contributed by atoms with E-state index in [1.54, 1.807) is 0 Å². The van der Waals surface area contributed by atoms with Crippen molar-refractivity contribution in [3.8, 4) is 0 Å². The van der Waals surface area contributed by atoms with Crippen LogP contribution in [0.5, 0.6) is 0 Å².